The number of sulfone groups is 1. The molecule has 6 heteroatoms. The molecule has 1 atom stereocenters. The zero-order valence-electron chi connectivity index (χ0n) is 5.38. The highest BCUT2D eigenvalue weighted by atomic mass is 35.5. The molecule has 1 fully saturated rings. The highest BCUT2D eigenvalue weighted by Gasteiger charge is 2.26. The minimum atomic E-state index is -2.75. The second kappa shape index (κ2) is 3.52. The van der Waals surface area contributed by atoms with Crippen molar-refractivity contribution in [3.8, 4) is 0 Å². The lowest BCUT2D eigenvalue weighted by Crippen LogP contribution is -3.00. The van der Waals surface area contributed by atoms with E-state index in [1.807, 2.05) is 0 Å². The maximum absolute atomic E-state index is 10.7. The van der Waals surface area contributed by atoms with Crippen LogP contribution in [0.15, 0.2) is 0 Å². The highest BCUT2D eigenvalue weighted by molar-refractivity contribution is 7.91. The van der Waals surface area contributed by atoms with Gasteiger partial charge in [0.15, 0.2) is 9.84 Å². The van der Waals surface area contributed by atoms with E-state index in [-0.39, 0.29) is 30.0 Å². The first-order valence-electron chi connectivity index (χ1n) is 2.80. The molecule has 1 unspecified atom stereocenters. The average molecular weight is 186 g/mol. The van der Waals surface area contributed by atoms with Crippen LogP contribution in [0, 0.1) is 0 Å². The summed E-state index contributed by atoms with van der Waals surface area (Å²) < 4.78 is 21.4. The third-order valence-corrected chi connectivity index (χ3v) is 3.24. The molecular weight excluding hydrogens is 176 g/mol. The summed E-state index contributed by atoms with van der Waals surface area (Å²) in [5, 5.41) is 0. The van der Waals surface area contributed by atoms with Crippen LogP contribution in [0.5, 0.6) is 0 Å². The predicted octanol–water partition coefficient (Wildman–Crippen LogP) is -4.36. The van der Waals surface area contributed by atoms with Crippen LogP contribution in [0.4, 0.5) is 0 Å². The van der Waals surface area contributed by atoms with Crippen LogP contribution < -0.4 is 23.7 Å². The van der Waals surface area contributed by atoms with E-state index in [2.05, 4.69) is 5.43 Å². The Balaban J connectivity index is 0.000000810. The van der Waals surface area contributed by atoms with Crippen LogP contribution >= 0.6 is 0 Å². The second-order valence-electron chi connectivity index (χ2n) is 2.27. The summed E-state index contributed by atoms with van der Waals surface area (Å²) in [7, 11) is -2.75. The van der Waals surface area contributed by atoms with Gasteiger partial charge < -0.3 is 12.4 Å². The van der Waals surface area contributed by atoms with Crippen molar-refractivity contribution in [1.82, 2.24) is 5.43 Å². The molecule has 1 heterocycles. The molecule has 0 aromatic carbocycles. The largest absolute Gasteiger partial charge is 1.00 e. The molecular formula is C4H10ClN2O2S-. The Morgan fingerprint density at radius 3 is 2.30 bits per heavy atom. The first kappa shape index (κ1) is 10.2. The van der Waals surface area contributed by atoms with Crippen LogP contribution in [-0.2, 0) is 9.84 Å². The maximum atomic E-state index is 10.7. The minimum absolute atomic E-state index is 0. The summed E-state index contributed by atoms with van der Waals surface area (Å²) in [5.41, 5.74) is 2.44. The molecule has 0 aromatic rings. The fourth-order valence-electron chi connectivity index (χ4n) is 0.926. The molecule has 4 nitrogen and oxygen atoms in total. The molecule has 10 heavy (non-hydrogen) atoms. The van der Waals surface area contributed by atoms with E-state index >= 15 is 0 Å². The quantitative estimate of drug-likeness (QED) is 0.320. The number of nitrogens with two attached hydrogens (primary N) is 1. The Bertz CT molecular complexity index is 191. The van der Waals surface area contributed by atoms with Gasteiger partial charge in [0.25, 0.3) is 0 Å². The van der Waals surface area contributed by atoms with E-state index in [1.165, 1.54) is 0 Å². The first-order valence-corrected chi connectivity index (χ1v) is 4.63. The number of hydrogen-bond acceptors (Lipinski definition) is 4. The monoisotopic (exact) mass is 185 g/mol. The van der Waals surface area contributed by atoms with Crippen molar-refractivity contribution in [3.05, 3.63) is 0 Å². The lowest BCUT2D eigenvalue weighted by Gasteiger charge is -2.01. The van der Waals surface area contributed by atoms with E-state index in [1.54, 1.807) is 0 Å². The molecule has 0 spiro atoms. The van der Waals surface area contributed by atoms with Gasteiger partial charge in [-0.25, -0.2) is 8.42 Å². The maximum Gasteiger partial charge on any atom is 0.151 e. The van der Waals surface area contributed by atoms with Crippen molar-refractivity contribution in [2.75, 3.05) is 11.5 Å². The lowest BCUT2D eigenvalue weighted by molar-refractivity contribution is -0.00000449. The topological polar surface area (TPSA) is 72.2 Å². The molecule has 0 amide bonds. The number of halogens is 1. The van der Waals surface area contributed by atoms with Crippen LogP contribution in [0.25, 0.3) is 0 Å². The van der Waals surface area contributed by atoms with Crippen molar-refractivity contribution in [3.63, 3.8) is 0 Å². The summed E-state index contributed by atoms with van der Waals surface area (Å²) in [6, 6.07) is -0.0185. The first-order chi connectivity index (χ1) is 4.14. The Labute approximate surface area is 66.5 Å². The molecule has 3 N–H and O–H groups in total. The summed E-state index contributed by atoms with van der Waals surface area (Å²) in [5.74, 6) is 5.52. The highest BCUT2D eigenvalue weighted by Crippen LogP contribution is 2.09. The SMILES string of the molecule is NNC1CCS(=O)(=O)C1.[Cl-]. The normalized spacial score (nSPS) is 29.5. The van der Waals surface area contributed by atoms with Crippen molar-refractivity contribution in [2.45, 2.75) is 12.5 Å². The van der Waals surface area contributed by atoms with Gasteiger partial charge in [0.2, 0.25) is 0 Å². The Morgan fingerprint density at radius 1 is 1.50 bits per heavy atom. The van der Waals surface area contributed by atoms with Crippen molar-refractivity contribution < 1.29 is 20.8 Å². The molecule has 0 radical (unpaired) electrons. The van der Waals surface area contributed by atoms with Gasteiger partial charge in [0, 0.05) is 6.04 Å². The molecule has 62 valence electrons. The Kier molecular flexibility index (Phi) is 3.58. The van der Waals surface area contributed by atoms with E-state index < -0.39 is 9.84 Å². The molecule has 0 aliphatic carbocycles. The standard InChI is InChI=1S/C4H10N2O2S.ClH/c5-6-4-1-2-9(7,8)3-4;/h4,6H,1-3,5H2;1H/p-1. The van der Waals surface area contributed by atoms with Gasteiger partial charge in [-0.15, -0.1) is 0 Å². The van der Waals surface area contributed by atoms with Gasteiger partial charge in [-0.3, -0.25) is 11.3 Å². The van der Waals surface area contributed by atoms with Crippen LogP contribution in [-0.4, -0.2) is 26.0 Å². The predicted molar refractivity (Wildman–Crippen MR) is 34.4 cm³/mol. The second-order valence-corrected chi connectivity index (χ2v) is 4.50. The van der Waals surface area contributed by atoms with Crippen molar-refractivity contribution in [1.29, 1.82) is 0 Å². The van der Waals surface area contributed by atoms with Gasteiger partial charge in [-0.1, -0.05) is 0 Å². The summed E-state index contributed by atoms with van der Waals surface area (Å²) in [6.07, 6.45) is 0.652. The van der Waals surface area contributed by atoms with Gasteiger partial charge >= 0.3 is 0 Å². The number of nitrogens with one attached hydrogen (secondary N) is 1. The van der Waals surface area contributed by atoms with Crippen molar-refractivity contribution >= 4 is 9.84 Å². The molecule has 0 aromatic heterocycles. The summed E-state index contributed by atoms with van der Waals surface area (Å²) in [4.78, 5) is 0. The van der Waals surface area contributed by atoms with Gasteiger partial charge in [0.05, 0.1) is 11.5 Å². The zero-order valence-corrected chi connectivity index (χ0v) is 6.95. The number of hydrogen-bond donors (Lipinski definition) is 2. The average Bonchev–Trinajstić information content (AvgIpc) is 2.10. The van der Waals surface area contributed by atoms with E-state index in [9.17, 15) is 8.42 Å². The fourth-order valence-corrected chi connectivity index (χ4v) is 2.61. The molecule has 0 saturated carbocycles. The number of hydrazine groups is 1. The minimum Gasteiger partial charge on any atom is -1.00 e. The Hall–Kier alpha value is 0.160. The van der Waals surface area contributed by atoms with E-state index in [4.69, 9.17) is 5.84 Å². The van der Waals surface area contributed by atoms with E-state index in [0.717, 1.165) is 0 Å². The van der Waals surface area contributed by atoms with Crippen LogP contribution in [0.1, 0.15) is 6.42 Å². The third kappa shape index (κ3) is 2.42. The van der Waals surface area contributed by atoms with Gasteiger partial charge in [-0.2, -0.15) is 0 Å². The lowest BCUT2D eigenvalue weighted by atomic mass is 10.3. The fraction of sp³-hybridized carbons (Fsp3) is 1.00. The molecule has 1 aliphatic heterocycles. The van der Waals surface area contributed by atoms with Crippen LogP contribution in [0.3, 0.4) is 0 Å². The van der Waals surface area contributed by atoms with Crippen LogP contribution in [0.2, 0.25) is 0 Å². The number of rotatable bonds is 1. The third-order valence-electron chi connectivity index (χ3n) is 1.47. The summed E-state index contributed by atoms with van der Waals surface area (Å²) >= 11 is 0. The molecule has 1 saturated heterocycles. The Morgan fingerprint density at radius 2 is 2.10 bits per heavy atom. The van der Waals surface area contributed by atoms with Gasteiger partial charge in [-0.05, 0) is 6.42 Å². The van der Waals surface area contributed by atoms with E-state index in [0.29, 0.717) is 6.42 Å². The van der Waals surface area contributed by atoms with Crippen molar-refractivity contribution in [2.24, 2.45) is 5.84 Å². The zero-order chi connectivity index (χ0) is 6.91. The molecule has 1 aliphatic rings. The molecule has 0 bridgehead atoms. The van der Waals surface area contributed by atoms with Gasteiger partial charge in [0.1, 0.15) is 0 Å². The summed E-state index contributed by atoms with van der Waals surface area (Å²) in [6.45, 7) is 0. The smallest absolute Gasteiger partial charge is 0.151 e. The molecule has 1 rings (SSSR count).